The third kappa shape index (κ3) is 4.87. The number of esters is 1. The Hall–Kier alpha value is -2.44. The first-order valence-electron chi connectivity index (χ1n) is 6.59. The van der Waals surface area contributed by atoms with E-state index >= 15 is 0 Å². The van der Waals surface area contributed by atoms with Crippen LogP contribution in [0.1, 0.15) is 37.0 Å². The van der Waals surface area contributed by atoms with Gasteiger partial charge in [-0.1, -0.05) is 0 Å². The van der Waals surface area contributed by atoms with Crippen molar-refractivity contribution < 1.29 is 24.0 Å². The Labute approximate surface area is 122 Å². The zero-order valence-electron chi connectivity index (χ0n) is 12.0. The SMILES string of the molecule is CCOC(=O)CCC(=O)c1ccc(OCC)c([N+](=O)[O-])c1. The summed E-state index contributed by atoms with van der Waals surface area (Å²) in [6, 6.07) is 4.00. The average Bonchev–Trinajstić information content (AvgIpc) is 2.45. The first-order valence-corrected chi connectivity index (χ1v) is 6.59. The van der Waals surface area contributed by atoms with E-state index in [4.69, 9.17) is 9.47 Å². The van der Waals surface area contributed by atoms with Crippen molar-refractivity contribution in [1.82, 2.24) is 0 Å². The molecule has 0 aliphatic rings. The number of hydrogen-bond donors (Lipinski definition) is 0. The molecular weight excluding hydrogens is 278 g/mol. The van der Waals surface area contributed by atoms with E-state index in [-0.39, 0.29) is 48.8 Å². The minimum Gasteiger partial charge on any atom is -0.487 e. The van der Waals surface area contributed by atoms with Gasteiger partial charge in [0.2, 0.25) is 0 Å². The number of rotatable bonds is 8. The van der Waals surface area contributed by atoms with E-state index in [9.17, 15) is 19.7 Å². The largest absolute Gasteiger partial charge is 0.487 e. The molecule has 1 aromatic rings. The van der Waals surface area contributed by atoms with Crippen LogP contribution in [-0.4, -0.2) is 29.9 Å². The molecule has 0 N–H and O–H groups in total. The van der Waals surface area contributed by atoms with Crippen molar-refractivity contribution in [2.75, 3.05) is 13.2 Å². The van der Waals surface area contributed by atoms with Gasteiger partial charge < -0.3 is 9.47 Å². The molecule has 0 unspecified atom stereocenters. The van der Waals surface area contributed by atoms with Gasteiger partial charge in [-0.25, -0.2) is 0 Å². The van der Waals surface area contributed by atoms with Crippen LogP contribution in [0.2, 0.25) is 0 Å². The molecule has 0 aromatic heterocycles. The lowest BCUT2D eigenvalue weighted by atomic mass is 10.1. The smallest absolute Gasteiger partial charge is 0.311 e. The lowest BCUT2D eigenvalue weighted by Gasteiger charge is -2.06. The molecule has 7 nitrogen and oxygen atoms in total. The van der Waals surface area contributed by atoms with Gasteiger partial charge in [0.25, 0.3) is 0 Å². The summed E-state index contributed by atoms with van der Waals surface area (Å²) in [5.74, 6) is -0.704. The number of carbonyl (C=O) groups is 2. The monoisotopic (exact) mass is 295 g/mol. The summed E-state index contributed by atoms with van der Waals surface area (Å²) >= 11 is 0. The second-order valence-electron chi connectivity index (χ2n) is 4.10. The van der Waals surface area contributed by atoms with E-state index in [2.05, 4.69) is 0 Å². The van der Waals surface area contributed by atoms with E-state index in [1.165, 1.54) is 18.2 Å². The van der Waals surface area contributed by atoms with Gasteiger partial charge in [-0.3, -0.25) is 19.7 Å². The molecule has 1 rings (SSSR count). The second kappa shape index (κ2) is 7.98. The molecule has 21 heavy (non-hydrogen) atoms. The Morgan fingerprint density at radius 2 is 1.90 bits per heavy atom. The predicted molar refractivity (Wildman–Crippen MR) is 74.5 cm³/mol. The van der Waals surface area contributed by atoms with Crippen molar-refractivity contribution >= 4 is 17.4 Å². The van der Waals surface area contributed by atoms with E-state index in [0.717, 1.165) is 0 Å². The molecule has 0 aliphatic heterocycles. The highest BCUT2D eigenvalue weighted by Gasteiger charge is 2.19. The fourth-order valence-corrected chi connectivity index (χ4v) is 1.70. The van der Waals surface area contributed by atoms with Crippen LogP contribution in [0.5, 0.6) is 5.75 Å². The highest BCUT2D eigenvalue weighted by atomic mass is 16.6. The highest BCUT2D eigenvalue weighted by Crippen LogP contribution is 2.28. The normalized spacial score (nSPS) is 10.0. The fraction of sp³-hybridized carbons (Fsp3) is 0.429. The van der Waals surface area contributed by atoms with Crippen LogP contribution in [0.15, 0.2) is 18.2 Å². The average molecular weight is 295 g/mol. The Bertz CT molecular complexity index is 540. The van der Waals surface area contributed by atoms with Crippen LogP contribution in [0.4, 0.5) is 5.69 Å². The van der Waals surface area contributed by atoms with E-state index in [1.54, 1.807) is 13.8 Å². The molecule has 1 aromatic carbocycles. The summed E-state index contributed by atoms with van der Waals surface area (Å²) in [4.78, 5) is 33.5. The second-order valence-corrected chi connectivity index (χ2v) is 4.10. The molecule has 0 radical (unpaired) electrons. The van der Waals surface area contributed by atoms with Crippen LogP contribution in [-0.2, 0) is 9.53 Å². The third-order valence-electron chi connectivity index (χ3n) is 2.64. The van der Waals surface area contributed by atoms with Crippen molar-refractivity contribution in [2.45, 2.75) is 26.7 Å². The van der Waals surface area contributed by atoms with Crippen molar-refractivity contribution in [3.05, 3.63) is 33.9 Å². The zero-order valence-corrected chi connectivity index (χ0v) is 12.0. The first kappa shape index (κ1) is 16.6. The molecule has 0 spiro atoms. The molecule has 0 heterocycles. The number of hydrogen-bond acceptors (Lipinski definition) is 6. The lowest BCUT2D eigenvalue weighted by Crippen LogP contribution is -2.08. The summed E-state index contributed by atoms with van der Waals surface area (Å²) in [6.45, 7) is 3.93. The van der Waals surface area contributed by atoms with Crippen molar-refractivity contribution in [3.63, 3.8) is 0 Å². The van der Waals surface area contributed by atoms with Crippen LogP contribution < -0.4 is 4.74 Å². The molecule has 0 atom stereocenters. The molecule has 0 bridgehead atoms. The molecule has 114 valence electrons. The maximum absolute atomic E-state index is 11.9. The van der Waals surface area contributed by atoms with Gasteiger partial charge in [0.15, 0.2) is 11.5 Å². The van der Waals surface area contributed by atoms with Gasteiger partial charge >= 0.3 is 11.7 Å². The third-order valence-corrected chi connectivity index (χ3v) is 2.64. The molecule has 0 amide bonds. The summed E-state index contributed by atoms with van der Waals surface area (Å²) < 4.78 is 9.86. The lowest BCUT2D eigenvalue weighted by molar-refractivity contribution is -0.385. The number of carbonyl (C=O) groups excluding carboxylic acids is 2. The van der Waals surface area contributed by atoms with Crippen LogP contribution in [0.3, 0.4) is 0 Å². The van der Waals surface area contributed by atoms with Gasteiger partial charge in [-0.15, -0.1) is 0 Å². The van der Waals surface area contributed by atoms with Crippen LogP contribution >= 0.6 is 0 Å². The van der Waals surface area contributed by atoms with Gasteiger partial charge in [-0.05, 0) is 26.0 Å². The fourth-order valence-electron chi connectivity index (χ4n) is 1.70. The topological polar surface area (TPSA) is 95.7 Å². The van der Waals surface area contributed by atoms with E-state index < -0.39 is 10.9 Å². The van der Waals surface area contributed by atoms with Gasteiger partial charge in [0, 0.05) is 18.1 Å². The van der Waals surface area contributed by atoms with E-state index in [0.29, 0.717) is 0 Å². The van der Waals surface area contributed by atoms with Crippen LogP contribution in [0, 0.1) is 10.1 Å². The number of benzene rings is 1. The summed E-state index contributed by atoms with van der Waals surface area (Å²) in [6.07, 6.45) is -0.0996. The molecule has 7 heteroatoms. The van der Waals surface area contributed by atoms with Gasteiger partial charge in [-0.2, -0.15) is 0 Å². The van der Waals surface area contributed by atoms with Crippen molar-refractivity contribution in [2.24, 2.45) is 0 Å². The highest BCUT2D eigenvalue weighted by molar-refractivity contribution is 5.98. The summed E-state index contributed by atoms with van der Waals surface area (Å²) in [5.41, 5.74) is -0.0895. The number of nitro groups is 1. The summed E-state index contributed by atoms with van der Waals surface area (Å²) in [7, 11) is 0. The van der Waals surface area contributed by atoms with Gasteiger partial charge in [0.1, 0.15) is 0 Å². The first-order chi connectivity index (χ1) is 9.99. The van der Waals surface area contributed by atoms with Crippen LogP contribution in [0.25, 0.3) is 0 Å². The predicted octanol–water partition coefficient (Wildman–Crippen LogP) is 2.52. The molecule has 0 fully saturated rings. The maximum atomic E-state index is 11.9. The number of nitrogens with zero attached hydrogens (tertiary/aromatic N) is 1. The Balaban J connectivity index is 2.83. The number of ether oxygens (including phenoxy) is 2. The molecule has 0 saturated heterocycles. The molecular formula is C14H17NO6. The zero-order chi connectivity index (χ0) is 15.8. The Kier molecular flexibility index (Phi) is 6.32. The Morgan fingerprint density at radius 1 is 1.19 bits per heavy atom. The number of Topliss-reactive ketones (excluding diaryl/α,β-unsaturated/α-hetero) is 1. The minimum absolute atomic E-state index is 0.0479. The maximum Gasteiger partial charge on any atom is 0.311 e. The standard InChI is InChI=1S/C14H17NO6/c1-3-20-13-7-5-10(9-11(13)15(18)19)12(16)6-8-14(17)21-4-2/h5,7,9H,3-4,6,8H2,1-2H3. The number of ketones is 1. The van der Waals surface area contributed by atoms with Crippen molar-refractivity contribution in [3.8, 4) is 5.75 Å². The van der Waals surface area contributed by atoms with Gasteiger partial charge in [0.05, 0.1) is 24.6 Å². The molecule has 0 aliphatic carbocycles. The quantitative estimate of drug-likeness (QED) is 0.316. The van der Waals surface area contributed by atoms with Crippen molar-refractivity contribution in [1.29, 1.82) is 0 Å². The minimum atomic E-state index is -0.604. The Morgan fingerprint density at radius 3 is 2.48 bits per heavy atom. The summed E-state index contributed by atoms with van der Waals surface area (Å²) in [5, 5.41) is 11.0. The number of nitro benzene ring substituents is 1. The van der Waals surface area contributed by atoms with E-state index in [1.807, 2.05) is 0 Å². The molecule has 0 saturated carbocycles.